The second-order valence-corrected chi connectivity index (χ2v) is 3.84. The zero-order valence-electron chi connectivity index (χ0n) is 10.0. The number of rotatable bonds is 3. The number of nitrogen functional groups attached to an aromatic ring is 1. The summed E-state index contributed by atoms with van der Waals surface area (Å²) >= 11 is 0. The molecule has 3 N–H and O–H groups in total. The van der Waals surface area contributed by atoms with Crippen LogP contribution in [0.1, 0.15) is 6.92 Å². The van der Waals surface area contributed by atoms with Gasteiger partial charge in [0, 0.05) is 6.54 Å². The highest BCUT2D eigenvalue weighted by Gasteiger charge is 2.24. The van der Waals surface area contributed by atoms with Crippen molar-refractivity contribution in [2.45, 2.75) is 13.0 Å². The highest BCUT2D eigenvalue weighted by Crippen LogP contribution is 2.32. The molecule has 1 aliphatic heterocycles. The van der Waals surface area contributed by atoms with Gasteiger partial charge in [0.15, 0.2) is 11.6 Å². The van der Waals surface area contributed by atoms with Crippen LogP contribution >= 0.6 is 0 Å². The van der Waals surface area contributed by atoms with Crippen LogP contribution in [-0.2, 0) is 4.74 Å². The Morgan fingerprint density at radius 3 is 3.06 bits per heavy atom. The second-order valence-electron chi connectivity index (χ2n) is 3.84. The van der Waals surface area contributed by atoms with E-state index >= 15 is 0 Å². The molecular formula is C10H17N5O2. The molecule has 0 bridgehead atoms. The van der Waals surface area contributed by atoms with E-state index in [1.807, 2.05) is 0 Å². The molecule has 1 fully saturated rings. The summed E-state index contributed by atoms with van der Waals surface area (Å²) in [4.78, 5) is 10.4. The summed E-state index contributed by atoms with van der Waals surface area (Å²) in [5, 5.41) is 0. The Morgan fingerprint density at radius 1 is 1.59 bits per heavy atom. The van der Waals surface area contributed by atoms with E-state index in [0.717, 1.165) is 12.4 Å². The Kier molecular flexibility index (Phi) is 3.60. The Morgan fingerprint density at radius 2 is 2.41 bits per heavy atom. The zero-order chi connectivity index (χ0) is 12.3. The Labute approximate surface area is 99.9 Å². The predicted octanol–water partition coefficient (Wildman–Crippen LogP) is -0.00410. The molecule has 17 heavy (non-hydrogen) atoms. The maximum Gasteiger partial charge on any atom is 0.205 e. The number of nitrogens with zero attached hydrogens (tertiary/aromatic N) is 3. The predicted molar refractivity (Wildman–Crippen MR) is 64.0 cm³/mol. The SMILES string of the molecule is COc1c(NN)ncnc1N1CCOCC1C. The van der Waals surface area contributed by atoms with Gasteiger partial charge in [-0.1, -0.05) is 0 Å². The molecule has 0 radical (unpaired) electrons. The molecule has 1 aromatic heterocycles. The fourth-order valence-corrected chi connectivity index (χ4v) is 1.90. The molecule has 1 saturated heterocycles. The summed E-state index contributed by atoms with van der Waals surface area (Å²) in [5.74, 6) is 7.18. The maximum atomic E-state index is 5.40. The molecule has 7 heteroatoms. The number of nitrogens with two attached hydrogens (primary N) is 1. The monoisotopic (exact) mass is 239 g/mol. The molecular weight excluding hydrogens is 222 g/mol. The summed E-state index contributed by atoms with van der Waals surface area (Å²) < 4.78 is 10.7. The van der Waals surface area contributed by atoms with E-state index in [4.69, 9.17) is 15.3 Å². The van der Waals surface area contributed by atoms with Crippen molar-refractivity contribution >= 4 is 11.6 Å². The standard InChI is InChI=1S/C10H17N5O2/c1-7-5-17-4-3-15(7)10-8(16-2)9(14-11)12-6-13-10/h6-7H,3-5,11H2,1-2H3,(H,12,13,14). The number of methoxy groups -OCH3 is 1. The third kappa shape index (κ3) is 2.25. The van der Waals surface area contributed by atoms with Crippen molar-refractivity contribution in [3.8, 4) is 5.75 Å². The summed E-state index contributed by atoms with van der Waals surface area (Å²) in [5.41, 5.74) is 2.51. The van der Waals surface area contributed by atoms with E-state index in [9.17, 15) is 0 Å². The van der Waals surface area contributed by atoms with Gasteiger partial charge >= 0.3 is 0 Å². The number of morpholine rings is 1. The molecule has 0 aromatic carbocycles. The summed E-state index contributed by atoms with van der Waals surface area (Å²) in [6.07, 6.45) is 1.47. The molecule has 1 aromatic rings. The van der Waals surface area contributed by atoms with Crippen molar-refractivity contribution < 1.29 is 9.47 Å². The van der Waals surface area contributed by atoms with Crippen molar-refractivity contribution in [2.24, 2.45) is 5.84 Å². The molecule has 0 saturated carbocycles. The van der Waals surface area contributed by atoms with Crippen LogP contribution in [0, 0.1) is 0 Å². The third-order valence-corrected chi connectivity index (χ3v) is 2.77. The van der Waals surface area contributed by atoms with E-state index < -0.39 is 0 Å². The average Bonchev–Trinajstić information content (AvgIpc) is 2.38. The lowest BCUT2D eigenvalue weighted by molar-refractivity contribution is 0.0982. The highest BCUT2D eigenvalue weighted by molar-refractivity contribution is 5.64. The van der Waals surface area contributed by atoms with Gasteiger partial charge in [0.1, 0.15) is 6.33 Å². The minimum atomic E-state index is 0.248. The number of ether oxygens (including phenoxy) is 2. The van der Waals surface area contributed by atoms with Crippen molar-refractivity contribution in [2.75, 3.05) is 37.2 Å². The molecule has 7 nitrogen and oxygen atoms in total. The van der Waals surface area contributed by atoms with Gasteiger partial charge in [-0.3, -0.25) is 0 Å². The van der Waals surface area contributed by atoms with Crippen LogP contribution in [0.5, 0.6) is 5.75 Å². The van der Waals surface area contributed by atoms with Gasteiger partial charge in [0.2, 0.25) is 5.75 Å². The Bertz CT molecular complexity index is 387. The van der Waals surface area contributed by atoms with Gasteiger partial charge in [-0.15, -0.1) is 0 Å². The fraction of sp³-hybridized carbons (Fsp3) is 0.600. The molecule has 94 valence electrons. The van der Waals surface area contributed by atoms with Crippen LogP contribution in [0.3, 0.4) is 0 Å². The summed E-state index contributed by atoms with van der Waals surface area (Å²) in [6, 6.07) is 0.248. The lowest BCUT2D eigenvalue weighted by Crippen LogP contribution is -2.44. The van der Waals surface area contributed by atoms with Crippen LogP contribution in [0.2, 0.25) is 0 Å². The largest absolute Gasteiger partial charge is 0.490 e. The fourth-order valence-electron chi connectivity index (χ4n) is 1.90. The number of hydrogen-bond acceptors (Lipinski definition) is 7. The first kappa shape index (κ1) is 11.9. The Balaban J connectivity index is 2.36. The normalized spacial score (nSPS) is 20.2. The van der Waals surface area contributed by atoms with Crippen LogP contribution in [0.4, 0.5) is 11.6 Å². The third-order valence-electron chi connectivity index (χ3n) is 2.77. The number of nitrogens with one attached hydrogen (secondary N) is 1. The number of aromatic nitrogens is 2. The van der Waals surface area contributed by atoms with E-state index in [0.29, 0.717) is 24.8 Å². The van der Waals surface area contributed by atoms with Gasteiger partial charge in [-0.25, -0.2) is 15.8 Å². The zero-order valence-corrected chi connectivity index (χ0v) is 10.0. The second kappa shape index (κ2) is 5.15. The van der Waals surface area contributed by atoms with Crippen molar-refractivity contribution in [3.05, 3.63) is 6.33 Å². The van der Waals surface area contributed by atoms with Gasteiger partial charge in [0.25, 0.3) is 0 Å². The van der Waals surface area contributed by atoms with Crippen LogP contribution in [-0.4, -0.2) is 42.9 Å². The maximum absolute atomic E-state index is 5.40. The molecule has 2 heterocycles. The van der Waals surface area contributed by atoms with E-state index in [-0.39, 0.29) is 6.04 Å². The lowest BCUT2D eigenvalue weighted by Gasteiger charge is -2.34. The number of anilines is 2. The first-order valence-electron chi connectivity index (χ1n) is 5.48. The summed E-state index contributed by atoms with van der Waals surface area (Å²) in [7, 11) is 1.58. The Hall–Kier alpha value is -1.60. The molecule has 1 aliphatic rings. The molecule has 0 amide bonds. The lowest BCUT2D eigenvalue weighted by atomic mass is 10.2. The van der Waals surface area contributed by atoms with E-state index in [2.05, 4.69) is 27.2 Å². The highest BCUT2D eigenvalue weighted by atomic mass is 16.5. The minimum absolute atomic E-state index is 0.248. The van der Waals surface area contributed by atoms with Crippen LogP contribution in [0.15, 0.2) is 6.33 Å². The van der Waals surface area contributed by atoms with Gasteiger partial charge in [-0.05, 0) is 6.92 Å². The molecule has 0 spiro atoms. The first-order chi connectivity index (χ1) is 8.27. The quantitative estimate of drug-likeness (QED) is 0.567. The molecule has 2 rings (SSSR count). The van der Waals surface area contributed by atoms with Gasteiger partial charge in [-0.2, -0.15) is 0 Å². The number of hydrazine groups is 1. The van der Waals surface area contributed by atoms with Crippen molar-refractivity contribution in [3.63, 3.8) is 0 Å². The first-order valence-corrected chi connectivity index (χ1v) is 5.48. The van der Waals surface area contributed by atoms with E-state index in [1.54, 1.807) is 7.11 Å². The van der Waals surface area contributed by atoms with Crippen molar-refractivity contribution in [1.29, 1.82) is 0 Å². The molecule has 1 unspecified atom stereocenters. The van der Waals surface area contributed by atoms with E-state index in [1.165, 1.54) is 6.33 Å². The van der Waals surface area contributed by atoms with Crippen molar-refractivity contribution in [1.82, 2.24) is 9.97 Å². The van der Waals surface area contributed by atoms with Crippen LogP contribution in [0.25, 0.3) is 0 Å². The van der Waals surface area contributed by atoms with Gasteiger partial charge in [0.05, 0.1) is 26.4 Å². The molecule has 0 aliphatic carbocycles. The van der Waals surface area contributed by atoms with Gasteiger partial charge < -0.3 is 19.8 Å². The van der Waals surface area contributed by atoms with Crippen LogP contribution < -0.4 is 20.9 Å². The molecule has 1 atom stereocenters. The number of hydrogen-bond donors (Lipinski definition) is 2. The average molecular weight is 239 g/mol. The minimum Gasteiger partial charge on any atom is -0.490 e. The smallest absolute Gasteiger partial charge is 0.205 e. The topological polar surface area (TPSA) is 85.5 Å². The summed E-state index contributed by atoms with van der Waals surface area (Å²) in [6.45, 7) is 4.22.